The fraction of sp³-hybridized carbons (Fsp3) is 0.364. The smallest absolute Gasteiger partial charge is 0.303 e. The third-order valence-corrected chi connectivity index (χ3v) is 4.83. The Bertz CT molecular complexity index is 542. The van der Waals surface area contributed by atoms with Crippen molar-refractivity contribution >= 4 is 31.9 Å². The van der Waals surface area contributed by atoms with Gasteiger partial charge in [-0.2, -0.15) is 0 Å². The van der Waals surface area contributed by atoms with Crippen LogP contribution in [-0.2, 0) is 14.8 Å². The van der Waals surface area contributed by atoms with Crippen LogP contribution in [0.4, 0.5) is 0 Å². The van der Waals surface area contributed by atoms with E-state index in [0.29, 0.717) is 5.56 Å². The number of hydrogen-bond acceptors (Lipinski definition) is 3. The Morgan fingerprint density at radius 3 is 2.72 bits per heavy atom. The Morgan fingerprint density at radius 2 is 2.11 bits per heavy atom. The maximum atomic E-state index is 12.0. The molecule has 0 amide bonds. The second-order valence-corrected chi connectivity index (χ2v) is 6.35. The van der Waals surface area contributed by atoms with Crippen LogP contribution in [0.2, 0.25) is 0 Å². The molecular weight excluding hydrogens is 322 g/mol. The Morgan fingerprint density at radius 1 is 1.44 bits per heavy atom. The average Bonchev–Trinajstić information content (AvgIpc) is 2.28. The number of aliphatic carboxylic acids is 1. The fourth-order valence-corrected chi connectivity index (χ4v) is 3.24. The number of nitrogens with one attached hydrogen (secondary N) is 1. The first kappa shape index (κ1) is 15.1. The Kier molecular flexibility index (Phi) is 5.30. The number of rotatable bonds is 6. The number of hydrogen-bond donors (Lipinski definition) is 2. The van der Waals surface area contributed by atoms with Gasteiger partial charge in [0.05, 0.1) is 4.90 Å². The molecular formula is C11H14BrNO4S. The van der Waals surface area contributed by atoms with Gasteiger partial charge in [0.1, 0.15) is 0 Å². The molecule has 5 nitrogen and oxygen atoms in total. The molecule has 0 atom stereocenters. The van der Waals surface area contributed by atoms with Crippen molar-refractivity contribution in [1.82, 2.24) is 4.72 Å². The lowest BCUT2D eigenvalue weighted by Crippen LogP contribution is -2.26. The van der Waals surface area contributed by atoms with Crippen molar-refractivity contribution in [3.63, 3.8) is 0 Å². The second kappa shape index (κ2) is 6.31. The highest BCUT2D eigenvalue weighted by Crippen LogP contribution is 2.22. The molecule has 0 saturated heterocycles. The lowest BCUT2D eigenvalue weighted by Gasteiger charge is -2.09. The summed E-state index contributed by atoms with van der Waals surface area (Å²) < 4.78 is 27.0. The molecule has 1 aromatic carbocycles. The highest BCUT2D eigenvalue weighted by atomic mass is 79.9. The highest BCUT2D eigenvalue weighted by molar-refractivity contribution is 9.10. The summed E-state index contributed by atoms with van der Waals surface area (Å²) in [5.41, 5.74) is 0.628. The fourth-order valence-electron chi connectivity index (χ4n) is 1.40. The predicted octanol–water partition coefficient (Wildman–Crippen LogP) is 1.90. The van der Waals surface area contributed by atoms with Crippen molar-refractivity contribution < 1.29 is 18.3 Å². The van der Waals surface area contributed by atoms with Crippen LogP contribution in [0.1, 0.15) is 18.4 Å². The number of sulfonamides is 1. The minimum absolute atomic E-state index is 0.0556. The molecule has 7 heteroatoms. The molecule has 1 aromatic rings. The summed E-state index contributed by atoms with van der Waals surface area (Å²) in [6.07, 6.45) is 0.210. The van der Waals surface area contributed by atoms with Crippen molar-refractivity contribution in [3.05, 3.63) is 28.2 Å². The minimum Gasteiger partial charge on any atom is -0.481 e. The maximum Gasteiger partial charge on any atom is 0.303 e. The van der Waals surface area contributed by atoms with Gasteiger partial charge in [0.25, 0.3) is 0 Å². The molecule has 0 radical (unpaired) electrons. The third-order valence-electron chi connectivity index (χ3n) is 2.37. The monoisotopic (exact) mass is 335 g/mol. The molecule has 0 bridgehead atoms. The van der Waals surface area contributed by atoms with Crippen LogP contribution in [0.15, 0.2) is 27.6 Å². The van der Waals surface area contributed by atoms with Gasteiger partial charge in [0, 0.05) is 17.4 Å². The quantitative estimate of drug-likeness (QED) is 0.777. The van der Waals surface area contributed by atoms with E-state index >= 15 is 0 Å². The number of halogens is 1. The normalized spacial score (nSPS) is 11.4. The van der Waals surface area contributed by atoms with Crippen LogP contribution in [0.25, 0.3) is 0 Å². The predicted molar refractivity (Wildman–Crippen MR) is 70.9 cm³/mol. The molecule has 0 unspecified atom stereocenters. The summed E-state index contributed by atoms with van der Waals surface area (Å²) in [4.78, 5) is 10.5. The van der Waals surface area contributed by atoms with E-state index in [4.69, 9.17) is 5.11 Å². The van der Waals surface area contributed by atoms with Gasteiger partial charge in [-0.25, -0.2) is 13.1 Å². The van der Waals surface area contributed by atoms with E-state index in [1.165, 1.54) is 6.07 Å². The zero-order valence-corrected chi connectivity index (χ0v) is 12.2. The Balaban J connectivity index is 2.75. The van der Waals surface area contributed by atoms with Crippen LogP contribution >= 0.6 is 15.9 Å². The SMILES string of the molecule is Cc1c(Br)cccc1S(=O)(=O)NCCCC(=O)O. The molecule has 2 N–H and O–H groups in total. The first-order valence-corrected chi connectivity index (χ1v) is 7.59. The molecule has 0 spiro atoms. The van der Waals surface area contributed by atoms with Gasteiger partial charge in [0.15, 0.2) is 0 Å². The van der Waals surface area contributed by atoms with E-state index in [1.54, 1.807) is 19.1 Å². The second-order valence-electron chi connectivity index (χ2n) is 3.76. The lowest BCUT2D eigenvalue weighted by atomic mass is 10.2. The van der Waals surface area contributed by atoms with Gasteiger partial charge in [0.2, 0.25) is 10.0 Å². The summed E-state index contributed by atoms with van der Waals surface area (Å²) in [6.45, 7) is 1.82. The molecule has 100 valence electrons. The molecule has 0 aliphatic heterocycles. The van der Waals surface area contributed by atoms with Gasteiger partial charge < -0.3 is 5.11 Å². The van der Waals surface area contributed by atoms with E-state index in [1.807, 2.05) is 0 Å². The van der Waals surface area contributed by atoms with Gasteiger partial charge in [-0.3, -0.25) is 4.79 Å². The van der Waals surface area contributed by atoms with Crippen molar-refractivity contribution in [2.24, 2.45) is 0 Å². The third kappa shape index (κ3) is 4.08. The first-order valence-electron chi connectivity index (χ1n) is 5.31. The van der Waals surface area contributed by atoms with E-state index in [0.717, 1.165) is 4.47 Å². The zero-order chi connectivity index (χ0) is 13.8. The summed E-state index contributed by atoms with van der Waals surface area (Å²) in [5, 5.41) is 8.46. The zero-order valence-electron chi connectivity index (χ0n) is 9.81. The lowest BCUT2D eigenvalue weighted by molar-refractivity contribution is -0.137. The van der Waals surface area contributed by atoms with Crippen molar-refractivity contribution in [1.29, 1.82) is 0 Å². The van der Waals surface area contributed by atoms with E-state index in [-0.39, 0.29) is 24.3 Å². The number of carboxylic acid groups (broad SMARTS) is 1. The largest absolute Gasteiger partial charge is 0.481 e. The molecule has 0 heterocycles. The summed E-state index contributed by atoms with van der Waals surface area (Å²) in [6, 6.07) is 4.92. The van der Waals surface area contributed by atoms with E-state index < -0.39 is 16.0 Å². The molecule has 1 rings (SSSR count). The van der Waals surface area contributed by atoms with Crippen LogP contribution in [0.5, 0.6) is 0 Å². The molecule has 18 heavy (non-hydrogen) atoms. The maximum absolute atomic E-state index is 12.0. The summed E-state index contributed by atoms with van der Waals surface area (Å²) in [7, 11) is -3.58. The van der Waals surface area contributed by atoms with Crippen LogP contribution < -0.4 is 4.72 Å². The molecule has 0 aliphatic carbocycles. The van der Waals surface area contributed by atoms with Crippen molar-refractivity contribution in [2.75, 3.05) is 6.54 Å². The number of carbonyl (C=O) groups is 1. The summed E-state index contributed by atoms with van der Waals surface area (Å²) >= 11 is 3.27. The van der Waals surface area contributed by atoms with Gasteiger partial charge in [-0.05, 0) is 31.0 Å². The number of carboxylic acids is 1. The Hall–Kier alpha value is -0.920. The number of benzene rings is 1. The van der Waals surface area contributed by atoms with Gasteiger partial charge in [-0.1, -0.05) is 22.0 Å². The van der Waals surface area contributed by atoms with Crippen LogP contribution in [0.3, 0.4) is 0 Å². The highest BCUT2D eigenvalue weighted by Gasteiger charge is 2.17. The first-order chi connectivity index (χ1) is 8.34. The standard InChI is InChI=1S/C11H14BrNO4S/c1-8-9(12)4-2-5-10(8)18(16,17)13-7-3-6-11(14)15/h2,4-5,13H,3,6-7H2,1H3,(H,14,15). The molecule has 0 fully saturated rings. The Labute approximate surface area is 114 Å². The van der Waals surface area contributed by atoms with E-state index in [2.05, 4.69) is 20.7 Å². The van der Waals surface area contributed by atoms with Gasteiger partial charge >= 0.3 is 5.97 Å². The van der Waals surface area contributed by atoms with Crippen LogP contribution in [-0.4, -0.2) is 26.0 Å². The summed E-state index contributed by atoms with van der Waals surface area (Å²) in [5.74, 6) is -0.937. The average molecular weight is 336 g/mol. The van der Waals surface area contributed by atoms with Crippen LogP contribution in [0, 0.1) is 6.92 Å². The topological polar surface area (TPSA) is 83.5 Å². The molecule has 0 saturated carbocycles. The molecule has 0 aliphatic rings. The van der Waals surface area contributed by atoms with E-state index in [9.17, 15) is 13.2 Å². The van der Waals surface area contributed by atoms with Crippen molar-refractivity contribution in [2.45, 2.75) is 24.7 Å². The van der Waals surface area contributed by atoms with Gasteiger partial charge in [-0.15, -0.1) is 0 Å². The van der Waals surface area contributed by atoms with Crippen molar-refractivity contribution in [3.8, 4) is 0 Å². The minimum atomic E-state index is -3.58. The molecule has 0 aromatic heterocycles.